The van der Waals surface area contributed by atoms with E-state index in [0.717, 1.165) is 28.1 Å². The number of hydrogen-bond donors (Lipinski definition) is 0. The van der Waals surface area contributed by atoms with Crippen molar-refractivity contribution in [2.75, 3.05) is 19.0 Å². The number of thiazole rings is 1. The molecule has 32 heavy (non-hydrogen) atoms. The van der Waals surface area contributed by atoms with Gasteiger partial charge in [0.05, 0.1) is 10.2 Å². The van der Waals surface area contributed by atoms with Crippen LogP contribution in [0.15, 0.2) is 99.9 Å². The van der Waals surface area contributed by atoms with Crippen molar-refractivity contribution in [3.05, 3.63) is 121 Å². The van der Waals surface area contributed by atoms with E-state index in [1.165, 1.54) is 11.3 Å². The van der Waals surface area contributed by atoms with Crippen LogP contribution < -0.4 is 19.8 Å². The average molecular weight is 439 g/mol. The molecule has 0 amide bonds. The second kappa shape index (κ2) is 8.40. The molecule has 0 fully saturated rings. The highest BCUT2D eigenvalue weighted by Gasteiger charge is 2.28. The maximum atomic E-state index is 13.6. The SMILES string of the molecule is CN(C)c1ccc(C=c2sc3n(c2=O)C(c2ccccc2)C(c2ccccc2)=NN=3)cc1. The predicted molar refractivity (Wildman–Crippen MR) is 131 cm³/mol. The van der Waals surface area contributed by atoms with E-state index in [9.17, 15) is 4.79 Å². The fourth-order valence-corrected chi connectivity index (χ4v) is 4.79. The van der Waals surface area contributed by atoms with E-state index < -0.39 is 0 Å². The van der Waals surface area contributed by atoms with Gasteiger partial charge < -0.3 is 4.90 Å². The van der Waals surface area contributed by atoms with Crippen molar-refractivity contribution in [3.63, 3.8) is 0 Å². The molecule has 0 aliphatic carbocycles. The van der Waals surface area contributed by atoms with E-state index in [-0.39, 0.29) is 11.6 Å². The lowest BCUT2D eigenvalue weighted by Crippen LogP contribution is -2.40. The quantitative estimate of drug-likeness (QED) is 0.490. The van der Waals surface area contributed by atoms with Gasteiger partial charge in [0.1, 0.15) is 6.04 Å². The molecule has 1 unspecified atom stereocenters. The molecule has 3 aromatic carbocycles. The third-order valence-corrected chi connectivity index (χ3v) is 6.46. The number of fused-ring (bicyclic) bond motifs is 1. The molecular weight excluding hydrogens is 416 g/mol. The Morgan fingerprint density at radius 2 is 1.53 bits per heavy atom. The Kier molecular flexibility index (Phi) is 5.29. The molecule has 1 aliphatic heterocycles. The number of aromatic nitrogens is 1. The number of anilines is 1. The van der Waals surface area contributed by atoms with Crippen molar-refractivity contribution in [1.82, 2.24) is 4.57 Å². The van der Waals surface area contributed by atoms with Gasteiger partial charge in [0.2, 0.25) is 4.80 Å². The summed E-state index contributed by atoms with van der Waals surface area (Å²) in [6, 6.07) is 27.8. The maximum Gasteiger partial charge on any atom is 0.271 e. The highest BCUT2D eigenvalue weighted by Crippen LogP contribution is 2.24. The molecule has 0 saturated carbocycles. The van der Waals surface area contributed by atoms with Crippen molar-refractivity contribution in [3.8, 4) is 0 Å². The third kappa shape index (κ3) is 3.69. The van der Waals surface area contributed by atoms with Gasteiger partial charge in [-0.15, -0.1) is 10.2 Å². The zero-order valence-corrected chi connectivity index (χ0v) is 18.7. The standard InChI is InChI=1S/C26H22N4OS/c1-29(2)21-15-13-18(14-16-21)17-22-25(31)30-24(20-11-7-4-8-12-20)23(27-28-26(30)32-22)19-9-5-3-6-10-19/h3-17,24H,1-2H3. The van der Waals surface area contributed by atoms with Crippen LogP contribution >= 0.6 is 11.3 Å². The van der Waals surface area contributed by atoms with E-state index in [1.54, 1.807) is 4.57 Å². The van der Waals surface area contributed by atoms with Crippen molar-refractivity contribution in [2.45, 2.75) is 6.04 Å². The molecule has 158 valence electrons. The lowest BCUT2D eigenvalue weighted by molar-refractivity contribution is 0.657. The minimum absolute atomic E-state index is 0.0531. The zero-order valence-electron chi connectivity index (χ0n) is 17.8. The van der Waals surface area contributed by atoms with Crippen molar-refractivity contribution >= 4 is 28.8 Å². The van der Waals surface area contributed by atoms with Crippen LogP contribution in [0.4, 0.5) is 5.69 Å². The molecule has 6 heteroatoms. The first kappa shape index (κ1) is 20.2. The molecule has 1 atom stereocenters. The van der Waals surface area contributed by atoms with Crippen LogP contribution in [0.1, 0.15) is 22.7 Å². The van der Waals surface area contributed by atoms with Crippen molar-refractivity contribution < 1.29 is 0 Å². The van der Waals surface area contributed by atoms with Crippen molar-refractivity contribution in [1.29, 1.82) is 0 Å². The molecule has 0 bridgehead atoms. The van der Waals surface area contributed by atoms with Crippen LogP contribution in [0.25, 0.3) is 6.08 Å². The first-order valence-electron chi connectivity index (χ1n) is 10.4. The van der Waals surface area contributed by atoms with Gasteiger partial charge in [-0.3, -0.25) is 9.36 Å². The summed E-state index contributed by atoms with van der Waals surface area (Å²) in [7, 11) is 4.02. The van der Waals surface area contributed by atoms with Crippen LogP contribution in [-0.4, -0.2) is 24.4 Å². The largest absolute Gasteiger partial charge is 0.378 e. The molecule has 0 saturated heterocycles. The summed E-state index contributed by atoms with van der Waals surface area (Å²) in [4.78, 5) is 16.2. The first-order chi connectivity index (χ1) is 15.6. The third-order valence-electron chi connectivity index (χ3n) is 5.49. The summed E-state index contributed by atoms with van der Waals surface area (Å²) in [6.07, 6.45) is 1.93. The lowest BCUT2D eigenvalue weighted by atomic mass is 9.96. The van der Waals surface area contributed by atoms with Crippen LogP contribution in [0, 0.1) is 0 Å². The van der Waals surface area contributed by atoms with Gasteiger partial charge in [0.15, 0.2) is 0 Å². The topological polar surface area (TPSA) is 50.0 Å². The van der Waals surface area contributed by atoms with Gasteiger partial charge in [-0.2, -0.15) is 0 Å². The Morgan fingerprint density at radius 3 is 2.19 bits per heavy atom. The van der Waals surface area contributed by atoms with Gasteiger partial charge in [-0.1, -0.05) is 84.1 Å². The van der Waals surface area contributed by atoms with E-state index in [4.69, 9.17) is 0 Å². The average Bonchev–Trinajstić information content (AvgIpc) is 3.15. The minimum atomic E-state index is -0.326. The summed E-state index contributed by atoms with van der Waals surface area (Å²) >= 11 is 1.37. The maximum absolute atomic E-state index is 13.6. The molecular formula is C26H22N4OS. The molecule has 5 nitrogen and oxygen atoms in total. The van der Waals surface area contributed by atoms with Gasteiger partial charge in [-0.05, 0) is 29.3 Å². The van der Waals surface area contributed by atoms with E-state index in [2.05, 4.69) is 10.2 Å². The van der Waals surface area contributed by atoms with E-state index in [1.807, 2.05) is 110 Å². The first-order valence-corrected chi connectivity index (χ1v) is 11.2. The molecule has 5 rings (SSSR count). The van der Waals surface area contributed by atoms with Gasteiger partial charge >= 0.3 is 0 Å². The number of rotatable bonds is 4. The summed E-state index contributed by atoms with van der Waals surface area (Å²) < 4.78 is 2.42. The van der Waals surface area contributed by atoms with Crippen LogP contribution in [0.2, 0.25) is 0 Å². The summed E-state index contributed by atoms with van der Waals surface area (Å²) in [5.41, 5.74) is 4.78. The number of benzene rings is 3. The number of hydrogen-bond acceptors (Lipinski definition) is 5. The van der Waals surface area contributed by atoms with Crippen molar-refractivity contribution in [2.24, 2.45) is 10.2 Å². The smallest absolute Gasteiger partial charge is 0.271 e. The Balaban J connectivity index is 1.66. The highest BCUT2D eigenvalue weighted by molar-refractivity contribution is 7.07. The Labute approximate surface area is 189 Å². The summed E-state index contributed by atoms with van der Waals surface area (Å²) in [6.45, 7) is 0. The monoisotopic (exact) mass is 438 g/mol. The summed E-state index contributed by atoms with van der Waals surface area (Å²) in [5.74, 6) is 0. The van der Waals surface area contributed by atoms with Crippen LogP contribution in [0.3, 0.4) is 0 Å². The fraction of sp³-hybridized carbons (Fsp3) is 0.115. The van der Waals surface area contributed by atoms with Gasteiger partial charge in [0, 0.05) is 25.3 Å². The fourth-order valence-electron chi connectivity index (χ4n) is 3.84. The lowest BCUT2D eigenvalue weighted by Gasteiger charge is -2.22. The molecule has 1 aromatic heterocycles. The molecule has 1 aliphatic rings. The van der Waals surface area contributed by atoms with Crippen LogP contribution in [-0.2, 0) is 0 Å². The van der Waals surface area contributed by atoms with Gasteiger partial charge in [-0.25, -0.2) is 0 Å². The molecule has 0 N–H and O–H groups in total. The normalized spacial score (nSPS) is 15.6. The Bertz CT molecular complexity index is 1450. The van der Waals surface area contributed by atoms with Gasteiger partial charge in [0.25, 0.3) is 5.56 Å². The van der Waals surface area contributed by atoms with E-state index in [0.29, 0.717) is 9.33 Å². The molecule has 0 spiro atoms. The van der Waals surface area contributed by atoms with Crippen LogP contribution in [0.5, 0.6) is 0 Å². The predicted octanol–water partition coefficient (Wildman–Crippen LogP) is 3.43. The second-order valence-corrected chi connectivity index (χ2v) is 8.83. The van der Waals surface area contributed by atoms with E-state index >= 15 is 0 Å². The zero-order chi connectivity index (χ0) is 22.1. The Morgan fingerprint density at radius 1 is 0.875 bits per heavy atom. The number of nitrogens with zero attached hydrogens (tertiary/aromatic N) is 4. The minimum Gasteiger partial charge on any atom is -0.378 e. The Hall–Kier alpha value is -3.77. The molecule has 2 heterocycles. The highest BCUT2D eigenvalue weighted by atomic mass is 32.1. The second-order valence-electron chi connectivity index (χ2n) is 7.82. The molecule has 4 aromatic rings. The summed E-state index contributed by atoms with van der Waals surface area (Å²) in [5, 5.41) is 8.99. The molecule has 0 radical (unpaired) electrons.